The van der Waals surface area contributed by atoms with Gasteiger partial charge in [-0.3, -0.25) is 9.69 Å². The van der Waals surface area contributed by atoms with Gasteiger partial charge in [0.2, 0.25) is 0 Å². The first-order chi connectivity index (χ1) is 8.21. The lowest BCUT2D eigenvalue weighted by atomic mass is 10.0. The van der Waals surface area contributed by atoms with Crippen molar-refractivity contribution in [2.24, 2.45) is 0 Å². The molecular weight excluding hydrogens is 236 g/mol. The summed E-state index contributed by atoms with van der Waals surface area (Å²) in [6, 6.07) is 2.00. The molecule has 3 nitrogen and oxygen atoms in total. The number of hydrogen-bond donors (Lipinski definition) is 0. The van der Waals surface area contributed by atoms with E-state index in [1.807, 2.05) is 17.6 Å². The van der Waals surface area contributed by atoms with Gasteiger partial charge in [0.15, 0.2) is 0 Å². The third-order valence-corrected chi connectivity index (χ3v) is 3.82. The van der Waals surface area contributed by atoms with Gasteiger partial charge in [0, 0.05) is 37.3 Å². The maximum absolute atomic E-state index is 12.1. The van der Waals surface area contributed by atoms with Gasteiger partial charge < -0.3 is 4.57 Å². The van der Waals surface area contributed by atoms with Gasteiger partial charge in [-0.1, -0.05) is 6.92 Å². The third kappa shape index (κ3) is 2.26. The van der Waals surface area contributed by atoms with Crippen molar-refractivity contribution in [3.05, 3.63) is 33.2 Å². The molecule has 0 bridgehead atoms. The monoisotopic (exact) mass is 254 g/mol. The van der Waals surface area contributed by atoms with Gasteiger partial charge in [-0.2, -0.15) is 0 Å². The summed E-state index contributed by atoms with van der Waals surface area (Å²) < 4.78 is 1.89. The zero-order chi connectivity index (χ0) is 12.4. The summed E-state index contributed by atoms with van der Waals surface area (Å²) in [7, 11) is 0. The fourth-order valence-corrected chi connectivity index (χ4v) is 2.73. The van der Waals surface area contributed by atoms with Gasteiger partial charge >= 0.3 is 0 Å². The van der Waals surface area contributed by atoms with E-state index in [0.29, 0.717) is 5.88 Å². The van der Waals surface area contributed by atoms with Gasteiger partial charge in [-0.15, -0.1) is 11.6 Å². The Bertz CT molecular complexity index is 467. The van der Waals surface area contributed by atoms with E-state index in [2.05, 4.69) is 11.8 Å². The number of hydrogen-bond acceptors (Lipinski definition) is 2. The van der Waals surface area contributed by atoms with Crippen molar-refractivity contribution in [3.8, 4) is 0 Å². The smallest absolute Gasteiger partial charge is 0.255 e. The second-order valence-electron chi connectivity index (χ2n) is 4.44. The zero-order valence-electron chi connectivity index (χ0n) is 10.5. The molecule has 2 rings (SSSR count). The van der Waals surface area contributed by atoms with Crippen LogP contribution >= 0.6 is 11.6 Å². The van der Waals surface area contributed by atoms with Crippen LogP contribution in [0.4, 0.5) is 0 Å². The summed E-state index contributed by atoms with van der Waals surface area (Å²) in [5.74, 6) is 0.304. The lowest BCUT2D eigenvalue weighted by Crippen LogP contribution is -2.36. The first-order valence-corrected chi connectivity index (χ1v) is 6.77. The number of rotatable bonds is 3. The second-order valence-corrected chi connectivity index (χ2v) is 4.71. The largest absolute Gasteiger partial charge is 0.312 e. The molecule has 94 valence electrons. The van der Waals surface area contributed by atoms with Crippen molar-refractivity contribution in [1.82, 2.24) is 9.47 Å². The van der Waals surface area contributed by atoms with Crippen LogP contribution in [0, 0.1) is 0 Å². The minimum absolute atomic E-state index is 0.0891. The van der Waals surface area contributed by atoms with E-state index in [1.165, 1.54) is 11.3 Å². The second kappa shape index (κ2) is 5.23. The Kier molecular flexibility index (Phi) is 3.89. The summed E-state index contributed by atoms with van der Waals surface area (Å²) in [5.41, 5.74) is 3.29. The number of aromatic nitrogens is 1. The number of alkyl halides is 1. The van der Waals surface area contributed by atoms with Gasteiger partial charge in [0.05, 0.1) is 5.88 Å². The van der Waals surface area contributed by atoms with Crippen molar-refractivity contribution >= 4 is 11.6 Å². The number of halogens is 1. The summed E-state index contributed by atoms with van der Waals surface area (Å²) in [6.45, 7) is 7.97. The number of likely N-dealkylation sites (N-methyl/N-ethyl adjacent to an activating group) is 1. The van der Waals surface area contributed by atoms with Crippen LogP contribution in [0.25, 0.3) is 0 Å². The molecule has 1 aliphatic rings. The molecule has 1 aromatic heterocycles. The van der Waals surface area contributed by atoms with E-state index in [9.17, 15) is 4.79 Å². The van der Waals surface area contributed by atoms with Gasteiger partial charge in [0.1, 0.15) is 0 Å². The standard InChI is InChI=1S/C13H19ClN2O/c1-3-15-6-5-12-11(9-15)7-10(8-14)13(17)16(12)4-2/h7H,3-6,8-9H2,1-2H3. The molecule has 0 spiro atoms. The Hall–Kier alpha value is -0.800. The molecule has 0 aromatic carbocycles. The molecule has 1 aliphatic heterocycles. The number of fused-ring (bicyclic) bond motifs is 1. The summed E-state index contributed by atoms with van der Waals surface area (Å²) in [6.07, 6.45) is 0.967. The molecule has 0 N–H and O–H groups in total. The predicted octanol–water partition coefficient (Wildman–Crippen LogP) is 1.98. The van der Waals surface area contributed by atoms with Crippen LogP contribution in [0.5, 0.6) is 0 Å². The summed E-state index contributed by atoms with van der Waals surface area (Å²) in [4.78, 5) is 14.5. The first kappa shape index (κ1) is 12.7. The van der Waals surface area contributed by atoms with Crippen molar-refractivity contribution in [1.29, 1.82) is 0 Å². The normalized spacial score (nSPS) is 15.9. The summed E-state index contributed by atoms with van der Waals surface area (Å²) >= 11 is 5.85. The minimum Gasteiger partial charge on any atom is -0.312 e. The molecular formula is C13H19ClN2O. The van der Waals surface area contributed by atoms with Crippen LogP contribution in [0.15, 0.2) is 10.9 Å². The van der Waals surface area contributed by atoms with Crippen LogP contribution in [-0.2, 0) is 25.4 Å². The van der Waals surface area contributed by atoms with Gasteiger partial charge in [-0.25, -0.2) is 0 Å². The van der Waals surface area contributed by atoms with Gasteiger partial charge in [-0.05, 0) is 25.1 Å². The zero-order valence-corrected chi connectivity index (χ0v) is 11.3. The highest BCUT2D eigenvalue weighted by molar-refractivity contribution is 6.17. The summed E-state index contributed by atoms with van der Waals surface area (Å²) in [5, 5.41) is 0. The molecule has 4 heteroatoms. The topological polar surface area (TPSA) is 25.2 Å². The molecule has 0 saturated carbocycles. The molecule has 0 aliphatic carbocycles. The lowest BCUT2D eigenvalue weighted by Gasteiger charge is -2.29. The third-order valence-electron chi connectivity index (χ3n) is 3.53. The average molecular weight is 255 g/mol. The lowest BCUT2D eigenvalue weighted by molar-refractivity contribution is 0.261. The van der Waals surface area contributed by atoms with Crippen LogP contribution in [0.2, 0.25) is 0 Å². The maximum Gasteiger partial charge on any atom is 0.255 e. The van der Waals surface area contributed by atoms with Crippen LogP contribution in [-0.4, -0.2) is 22.6 Å². The number of pyridine rings is 1. The Morgan fingerprint density at radius 3 is 2.71 bits per heavy atom. The minimum atomic E-state index is 0.0891. The molecule has 17 heavy (non-hydrogen) atoms. The van der Waals surface area contributed by atoms with Crippen LogP contribution < -0.4 is 5.56 Å². The molecule has 1 aromatic rings. The molecule has 0 atom stereocenters. The fourth-order valence-electron chi connectivity index (χ4n) is 2.54. The van der Waals surface area contributed by atoms with E-state index >= 15 is 0 Å². The molecule has 2 heterocycles. The SMILES string of the molecule is CCN1CCc2c(cc(CCl)c(=O)n2CC)C1. The average Bonchev–Trinajstić information content (AvgIpc) is 2.37. The number of nitrogens with zero attached hydrogens (tertiary/aromatic N) is 2. The highest BCUT2D eigenvalue weighted by Gasteiger charge is 2.19. The Labute approximate surface area is 107 Å². The van der Waals surface area contributed by atoms with E-state index in [0.717, 1.165) is 38.2 Å². The molecule has 0 saturated heterocycles. The van der Waals surface area contributed by atoms with E-state index in [-0.39, 0.29) is 5.56 Å². The van der Waals surface area contributed by atoms with E-state index in [4.69, 9.17) is 11.6 Å². The van der Waals surface area contributed by atoms with Crippen molar-refractivity contribution in [2.45, 2.75) is 39.2 Å². The fraction of sp³-hybridized carbons (Fsp3) is 0.615. The molecule has 0 radical (unpaired) electrons. The van der Waals surface area contributed by atoms with E-state index in [1.54, 1.807) is 0 Å². The van der Waals surface area contributed by atoms with E-state index < -0.39 is 0 Å². The van der Waals surface area contributed by atoms with Gasteiger partial charge in [0.25, 0.3) is 5.56 Å². The van der Waals surface area contributed by atoms with Crippen molar-refractivity contribution in [3.63, 3.8) is 0 Å². The first-order valence-electron chi connectivity index (χ1n) is 6.24. The van der Waals surface area contributed by atoms with Crippen molar-refractivity contribution < 1.29 is 0 Å². The van der Waals surface area contributed by atoms with Crippen LogP contribution in [0.3, 0.4) is 0 Å². The Morgan fingerprint density at radius 1 is 1.35 bits per heavy atom. The highest BCUT2D eigenvalue weighted by atomic mass is 35.5. The molecule has 0 fully saturated rings. The Balaban J connectivity index is 2.52. The molecule has 0 unspecified atom stereocenters. The predicted molar refractivity (Wildman–Crippen MR) is 70.6 cm³/mol. The van der Waals surface area contributed by atoms with Crippen LogP contribution in [0.1, 0.15) is 30.7 Å². The molecule has 0 amide bonds. The maximum atomic E-state index is 12.1. The highest BCUT2D eigenvalue weighted by Crippen LogP contribution is 2.19. The quantitative estimate of drug-likeness (QED) is 0.771. The van der Waals surface area contributed by atoms with Crippen molar-refractivity contribution in [2.75, 3.05) is 13.1 Å². The Morgan fingerprint density at radius 2 is 2.12 bits per heavy atom.